The standard InChI is InChI=1S/C14H18FN3/c1-2-5-17-6-8-18(9-7-17)13-3-4-14(15)12(10-13)11-16/h3-4,10H,2,5-9H2,1H3. The van der Waals surface area contributed by atoms with Crippen LogP contribution in [0.4, 0.5) is 10.1 Å². The molecule has 0 N–H and O–H groups in total. The summed E-state index contributed by atoms with van der Waals surface area (Å²) in [7, 11) is 0. The van der Waals surface area contributed by atoms with Crippen LogP contribution in [0.1, 0.15) is 18.9 Å². The van der Waals surface area contributed by atoms with Gasteiger partial charge in [-0.1, -0.05) is 6.92 Å². The average molecular weight is 247 g/mol. The maximum Gasteiger partial charge on any atom is 0.141 e. The molecule has 1 fully saturated rings. The van der Waals surface area contributed by atoms with Crippen LogP contribution in [0, 0.1) is 17.1 Å². The Morgan fingerprint density at radius 1 is 1.28 bits per heavy atom. The summed E-state index contributed by atoms with van der Waals surface area (Å²) in [4.78, 5) is 4.65. The molecule has 0 aliphatic carbocycles. The topological polar surface area (TPSA) is 30.3 Å². The van der Waals surface area contributed by atoms with E-state index in [1.165, 1.54) is 12.5 Å². The zero-order valence-electron chi connectivity index (χ0n) is 10.7. The summed E-state index contributed by atoms with van der Waals surface area (Å²) in [6.07, 6.45) is 1.18. The lowest BCUT2D eigenvalue weighted by Gasteiger charge is -2.36. The Labute approximate surface area is 107 Å². The number of benzene rings is 1. The Kier molecular flexibility index (Phi) is 4.16. The van der Waals surface area contributed by atoms with Gasteiger partial charge in [0.25, 0.3) is 0 Å². The summed E-state index contributed by atoms with van der Waals surface area (Å²) >= 11 is 0. The molecule has 0 spiro atoms. The first-order valence-corrected chi connectivity index (χ1v) is 6.41. The lowest BCUT2D eigenvalue weighted by atomic mass is 10.1. The summed E-state index contributed by atoms with van der Waals surface area (Å²) in [5.41, 5.74) is 1.08. The fourth-order valence-corrected chi connectivity index (χ4v) is 2.34. The molecular formula is C14H18FN3. The van der Waals surface area contributed by atoms with Gasteiger partial charge < -0.3 is 4.90 Å². The third-order valence-electron chi connectivity index (χ3n) is 3.35. The van der Waals surface area contributed by atoms with Gasteiger partial charge in [-0.25, -0.2) is 4.39 Å². The van der Waals surface area contributed by atoms with E-state index in [4.69, 9.17) is 5.26 Å². The molecule has 3 nitrogen and oxygen atoms in total. The van der Waals surface area contributed by atoms with Crippen molar-refractivity contribution in [2.45, 2.75) is 13.3 Å². The van der Waals surface area contributed by atoms with E-state index in [0.717, 1.165) is 38.4 Å². The summed E-state index contributed by atoms with van der Waals surface area (Å²) in [6, 6.07) is 6.67. The fourth-order valence-electron chi connectivity index (χ4n) is 2.34. The molecule has 0 aromatic heterocycles. The number of rotatable bonds is 3. The van der Waals surface area contributed by atoms with Crippen LogP contribution in [0.25, 0.3) is 0 Å². The molecule has 96 valence electrons. The van der Waals surface area contributed by atoms with Crippen LogP contribution in [0.5, 0.6) is 0 Å². The molecule has 1 aromatic carbocycles. The minimum absolute atomic E-state index is 0.128. The van der Waals surface area contributed by atoms with E-state index in [2.05, 4.69) is 16.7 Å². The van der Waals surface area contributed by atoms with Gasteiger partial charge in [-0.05, 0) is 31.2 Å². The number of nitriles is 1. The van der Waals surface area contributed by atoms with Crippen molar-refractivity contribution in [1.29, 1.82) is 5.26 Å². The molecule has 1 heterocycles. The van der Waals surface area contributed by atoms with Crippen molar-refractivity contribution in [3.63, 3.8) is 0 Å². The van der Waals surface area contributed by atoms with Crippen LogP contribution >= 0.6 is 0 Å². The first-order valence-electron chi connectivity index (χ1n) is 6.41. The van der Waals surface area contributed by atoms with Gasteiger partial charge in [-0.3, -0.25) is 4.90 Å². The maximum absolute atomic E-state index is 13.3. The normalized spacial score (nSPS) is 16.6. The van der Waals surface area contributed by atoms with Crippen molar-refractivity contribution in [2.24, 2.45) is 0 Å². The Morgan fingerprint density at radius 2 is 2.00 bits per heavy atom. The van der Waals surface area contributed by atoms with Gasteiger partial charge in [0.05, 0.1) is 5.56 Å². The molecule has 1 aliphatic rings. The van der Waals surface area contributed by atoms with Gasteiger partial charge in [0.2, 0.25) is 0 Å². The molecule has 0 unspecified atom stereocenters. The number of piperazine rings is 1. The molecule has 0 bridgehead atoms. The number of hydrogen-bond donors (Lipinski definition) is 0. The molecule has 0 amide bonds. The first-order chi connectivity index (χ1) is 8.74. The molecule has 4 heteroatoms. The van der Waals surface area contributed by atoms with Crippen LogP contribution in [0.2, 0.25) is 0 Å². The lowest BCUT2D eigenvalue weighted by molar-refractivity contribution is 0.258. The molecule has 0 radical (unpaired) electrons. The van der Waals surface area contributed by atoms with Crippen molar-refractivity contribution in [1.82, 2.24) is 4.90 Å². The van der Waals surface area contributed by atoms with E-state index in [0.29, 0.717) is 0 Å². The van der Waals surface area contributed by atoms with E-state index in [-0.39, 0.29) is 5.56 Å². The second-order valence-corrected chi connectivity index (χ2v) is 4.60. The average Bonchev–Trinajstić information content (AvgIpc) is 2.41. The molecule has 1 saturated heterocycles. The smallest absolute Gasteiger partial charge is 0.141 e. The predicted octanol–water partition coefficient (Wildman–Crippen LogP) is 2.23. The highest BCUT2D eigenvalue weighted by Crippen LogP contribution is 2.20. The molecule has 1 aromatic rings. The van der Waals surface area contributed by atoms with Crippen molar-refractivity contribution >= 4 is 5.69 Å². The van der Waals surface area contributed by atoms with Crippen LogP contribution in [0.15, 0.2) is 18.2 Å². The van der Waals surface area contributed by atoms with Gasteiger partial charge in [0.1, 0.15) is 11.9 Å². The number of nitrogens with zero attached hydrogens (tertiary/aromatic N) is 3. The van der Waals surface area contributed by atoms with Gasteiger partial charge in [-0.15, -0.1) is 0 Å². The fraction of sp³-hybridized carbons (Fsp3) is 0.500. The van der Waals surface area contributed by atoms with Crippen LogP contribution in [-0.2, 0) is 0 Å². The van der Waals surface area contributed by atoms with Gasteiger partial charge in [0, 0.05) is 31.9 Å². The van der Waals surface area contributed by atoms with E-state index < -0.39 is 5.82 Å². The quantitative estimate of drug-likeness (QED) is 0.820. The highest BCUT2D eigenvalue weighted by Gasteiger charge is 2.17. The molecule has 2 rings (SSSR count). The number of hydrogen-bond acceptors (Lipinski definition) is 3. The molecule has 0 saturated carbocycles. The number of halogens is 1. The van der Waals surface area contributed by atoms with Crippen LogP contribution in [-0.4, -0.2) is 37.6 Å². The third-order valence-corrected chi connectivity index (χ3v) is 3.35. The van der Waals surface area contributed by atoms with Gasteiger partial charge in [0.15, 0.2) is 0 Å². The number of anilines is 1. The SMILES string of the molecule is CCCN1CCN(c2ccc(F)c(C#N)c2)CC1. The van der Waals surface area contributed by atoms with E-state index in [1.54, 1.807) is 12.1 Å². The van der Waals surface area contributed by atoms with Crippen LogP contribution < -0.4 is 4.90 Å². The zero-order chi connectivity index (χ0) is 13.0. The van der Waals surface area contributed by atoms with E-state index in [9.17, 15) is 4.39 Å². The monoisotopic (exact) mass is 247 g/mol. The second kappa shape index (κ2) is 5.83. The van der Waals surface area contributed by atoms with E-state index in [1.807, 2.05) is 6.07 Å². The van der Waals surface area contributed by atoms with Crippen molar-refractivity contribution < 1.29 is 4.39 Å². The zero-order valence-corrected chi connectivity index (χ0v) is 10.7. The Balaban J connectivity index is 2.04. The van der Waals surface area contributed by atoms with E-state index >= 15 is 0 Å². The minimum atomic E-state index is -0.439. The van der Waals surface area contributed by atoms with Crippen LogP contribution in [0.3, 0.4) is 0 Å². The third kappa shape index (κ3) is 2.80. The Hall–Kier alpha value is -1.60. The highest BCUT2D eigenvalue weighted by atomic mass is 19.1. The van der Waals surface area contributed by atoms with Gasteiger partial charge >= 0.3 is 0 Å². The molecular weight excluding hydrogens is 229 g/mol. The maximum atomic E-state index is 13.3. The summed E-state index contributed by atoms with van der Waals surface area (Å²) < 4.78 is 13.3. The lowest BCUT2D eigenvalue weighted by Crippen LogP contribution is -2.46. The van der Waals surface area contributed by atoms with Crippen molar-refractivity contribution in [2.75, 3.05) is 37.6 Å². The summed E-state index contributed by atoms with van der Waals surface area (Å²) in [5.74, 6) is -0.439. The van der Waals surface area contributed by atoms with Crippen molar-refractivity contribution in [3.8, 4) is 6.07 Å². The molecule has 1 aliphatic heterocycles. The van der Waals surface area contributed by atoms with Crippen molar-refractivity contribution in [3.05, 3.63) is 29.6 Å². The minimum Gasteiger partial charge on any atom is -0.369 e. The summed E-state index contributed by atoms with van der Waals surface area (Å²) in [5, 5.41) is 8.84. The second-order valence-electron chi connectivity index (χ2n) is 4.60. The van der Waals surface area contributed by atoms with Gasteiger partial charge in [-0.2, -0.15) is 5.26 Å². The highest BCUT2D eigenvalue weighted by molar-refractivity contribution is 5.52. The first kappa shape index (κ1) is 12.8. The molecule has 0 atom stereocenters. The summed E-state index contributed by atoms with van der Waals surface area (Å²) in [6.45, 7) is 7.28. The molecule has 18 heavy (non-hydrogen) atoms. The largest absolute Gasteiger partial charge is 0.369 e. The Bertz CT molecular complexity index is 445. The Morgan fingerprint density at radius 3 is 2.61 bits per heavy atom. The predicted molar refractivity (Wildman–Crippen MR) is 70.1 cm³/mol.